The largest absolute Gasteiger partial charge is 0.380 e. The predicted molar refractivity (Wildman–Crippen MR) is 90.9 cm³/mol. The van der Waals surface area contributed by atoms with Crippen LogP contribution < -0.4 is 0 Å². The summed E-state index contributed by atoms with van der Waals surface area (Å²) >= 11 is 0. The average molecular weight is 344 g/mol. The number of likely N-dealkylation sites (tertiary alicyclic amines) is 1. The van der Waals surface area contributed by atoms with Gasteiger partial charge in [-0.15, -0.1) is 10.2 Å². The third kappa shape index (κ3) is 3.61. The van der Waals surface area contributed by atoms with Crippen molar-refractivity contribution in [2.45, 2.75) is 25.5 Å². The number of amides is 1. The number of carbonyl (C=O) groups is 1. The smallest absolute Gasteiger partial charge is 0.247 e. The van der Waals surface area contributed by atoms with E-state index in [9.17, 15) is 9.18 Å². The third-order valence-electron chi connectivity index (χ3n) is 4.56. The van der Waals surface area contributed by atoms with Crippen LogP contribution in [0.25, 0.3) is 5.57 Å². The first-order chi connectivity index (χ1) is 12.0. The maximum atomic E-state index is 13.1. The van der Waals surface area contributed by atoms with Gasteiger partial charge in [0.25, 0.3) is 0 Å². The fourth-order valence-electron chi connectivity index (χ4n) is 3.11. The molecule has 0 N–H and O–H groups in total. The Bertz CT molecular complexity index is 785. The van der Waals surface area contributed by atoms with Crippen molar-refractivity contribution in [1.82, 2.24) is 19.7 Å². The molecule has 1 aromatic carbocycles. The lowest BCUT2D eigenvalue weighted by molar-refractivity contribution is -0.127. The van der Waals surface area contributed by atoms with Gasteiger partial charge in [-0.25, -0.2) is 4.39 Å². The molecule has 1 fully saturated rings. The molecule has 0 bridgehead atoms. The van der Waals surface area contributed by atoms with Crippen molar-refractivity contribution in [3.8, 4) is 0 Å². The van der Waals surface area contributed by atoms with E-state index < -0.39 is 0 Å². The summed E-state index contributed by atoms with van der Waals surface area (Å²) in [5.74, 6) is 0.322. The number of hydrogen-bond acceptors (Lipinski definition) is 4. The Morgan fingerprint density at radius 1 is 1.36 bits per heavy atom. The molecule has 1 amide bonds. The Morgan fingerprint density at radius 2 is 2.08 bits per heavy atom. The van der Waals surface area contributed by atoms with Crippen LogP contribution >= 0.6 is 0 Å². The molecule has 1 aliphatic heterocycles. The van der Waals surface area contributed by atoms with E-state index in [1.165, 1.54) is 12.1 Å². The molecule has 0 spiro atoms. The van der Waals surface area contributed by atoms with Gasteiger partial charge in [-0.05, 0) is 30.2 Å². The van der Waals surface area contributed by atoms with Gasteiger partial charge < -0.3 is 14.2 Å². The van der Waals surface area contributed by atoms with Crippen LogP contribution in [0.1, 0.15) is 30.8 Å². The van der Waals surface area contributed by atoms with Crippen molar-refractivity contribution in [2.24, 2.45) is 7.05 Å². The van der Waals surface area contributed by atoms with Gasteiger partial charge in [0.15, 0.2) is 5.82 Å². The van der Waals surface area contributed by atoms with Gasteiger partial charge in [-0.1, -0.05) is 12.1 Å². The number of allylic oxidation sites excluding steroid dienone is 1. The number of halogens is 1. The SMILES string of the molecule is CO[C@@H]1C[C@@H](c2nncn2C)N(C(=O)/C=C(\C)c2ccc(F)cc2)C1. The normalized spacial score (nSPS) is 21.0. The predicted octanol–water partition coefficient (Wildman–Crippen LogP) is 2.35. The summed E-state index contributed by atoms with van der Waals surface area (Å²) in [5.41, 5.74) is 1.59. The van der Waals surface area contributed by atoms with Crippen molar-refractivity contribution < 1.29 is 13.9 Å². The molecule has 0 unspecified atom stereocenters. The van der Waals surface area contributed by atoms with Gasteiger partial charge in [0.2, 0.25) is 5.91 Å². The zero-order chi connectivity index (χ0) is 18.0. The van der Waals surface area contributed by atoms with E-state index in [2.05, 4.69) is 10.2 Å². The van der Waals surface area contributed by atoms with Crippen LogP contribution in [-0.2, 0) is 16.6 Å². The Hall–Kier alpha value is -2.54. The molecule has 6 nitrogen and oxygen atoms in total. The fourth-order valence-corrected chi connectivity index (χ4v) is 3.11. The van der Waals surface area contributed by atoms with Gasteiger partial charge in [0.05, 0.1) is 12.1 Å². The minimum absolute atomic E-state index is 0.0369. The number of hydrogen-bond donors (Lipinski definition) is 0. The molecule has 25 heavy (non-hydrogen) atoms. The van der Waals surface area contributed by atoms with E-state index in [1.807, 2.05) is 18.5 Å². The lowest BCUT2D eigenvalue weighted by Crippen LogP contribution is -2.31. The second-order valence-corrected chi connectivity index (χ2v) is 6.23. The molecule has 3 rings (SSSR count). The number of rotatable bonds is 4. The zero-order valence-electron chi connectivity index (χ0n) is 14.5. The van der Waals surface area contributed by atoms with Crippen LogP contribution in [0.15, 0.2) is 36.7 Å². The van der Waals surface area contributed by atoms with Crippen LogP contribution in [0.2, 0.25) is 0 Å². The molecular formula is C18H21FN4O2. The second-order valence-electron chi connectivity index (χ2n) is 6.23. The Labute approximate surface area is 145 Å². The van der Waals surface area contributed by atoms with Crippen molar-refractivity contribution in [1.29, 1.82) is 0 Å². The molecule has 0 saturated carbocycles. The van der Waals surface area contributed by atoms with Gasteiger partial charge in [0, 0.05) is 33.2 Å². The molecule has 2 aromatic rings. The van der Waals surface area contributed by atoms with Crippen molar-refractivity contribution in [3.63, 3.8) is 0 Å². The Morgan fingerprint density at radius 3 is 2.68 bits per heavy atom. The van der Waals surface area contributed by atoms with E-state index in [0.29, 0.717) is 13.0 Å². The number of nitrogens with zero attached hydrogens (tertiary/aromatic N) is 4. The summed E-state index contributed by atoms with van der Waals surface area (Å²) in [6.45, 7) is 2.34. The van der Waals surface area contributed by atoms with Crippen LogP contribution in [0.3, 0.4) is 0 Å². The lowest BCUT2D eigenvalue weighted by atomic mass is 10.1. The van der Waals surface area contributed by atoms with E-state index in [0.717, 1.165) is 17.0 Å². The topological polar surface area (TPSA) is 60.3 Å². The van der Waals surface area contributed by atoms with E-state index in [1.54, 1.807) is 36.5 Å². The monoisotopic (exact) mass is 344 g/mol. The average Bonchev–Trinajstić information content (AvgIpc) is 3.20. The maximum absolute atomic E-state index is 13.1. The van der Waals surface area contributed by atoms with Crippen molar-refractivity contribution in [3.05, 3.63) is 53.9 Å². The van der Waals surface area contributed by atoms with E-state index in [-0.39, 0.29) is 23.9 Å². The molecule has 2 atom stereocenters. The second kappa shape index (κ2) is 7.14. The Balaban J connectivity index is 1.84. The van der Waals surface area contributed by atoms with E-state index in [4.69, 9.17) is 4.74 Å². The number of methoxy groups -OCH3 is 1. The highest BCUT2D eigenvalue weighted by atomic mass is 19.1. The van der Waals surface area contributed by atoms with Crippen molar-refractivity contribution >= 4 is 11.5 Å². The number of ether oxygens (including phenoxy) is 1. The molecule has 7 heteroatoms. The molecular weight excluding hydrogens is 323 g/mol. The first-order valence-corrected chi connectivity index (χ1v) is 8.11. The number of aromatic nitrogens is 3. The maximum Gasteiger partial charge on any atom is 0.247 e. The Kier molecular flexibility index (Phi) is 4.94. The number of aryl methyl sites for hydroxylation is 1. The number of carbonyl (C=O) groups excluding carboxylic acids is 1. The fraction of sp³-hybridized carbons (Fsp3) is 0.389. The highest BCUT2D eigenvalue weighted by molar-refractivity contribution is 5.95. The van der Waals surface area contributed by atoms with Gasteiger partial charge >= 0.3 is 0 Å². The lowest BCUT2D eigenvalue weighted by Gasteiger charge is -2.22. The summed E-state index contributed by atoms with van der Waals surface area (Å²) in [5, 5.41) is 8.06. The summed E-state index contributed by atoms with van der Waals surface area (Å²) in [6, 6.07) is 5.92. The molecule has 2 heterocycles. The molecule has 132 valence electrons. The molecule has 1 aliphatic rings. The van der Waals surface area contributed by atoms with E-state index >= 15 is 0 Å². The van der Waals surface area contributed by atoms with Crippen molar-refractivity contribution in [2.75, 3.05) is 13.7 Å². The van der Waals surface area contributed by atoms with Crippen LogP contribution in [0.4, 0.5) is 4.39 Å². The van der Waals surface area contributed by atoms with Gasteiger partial charge in [-0.2, -0.15) is 0 Å². The van der Waals surface area contributed by atoms with Crippen LogP contribution in [0.5, 0.6) is 0 Å². The summed E-state index contributed by atoms with van der Waals surface area (Å²) in [4.78, 5) is 14.6. The molecule has 0 aliphatic carbocycles. The summed E-state index contributed by atoms with van der Waals surface area (Å²) in [7, 11) is 3.50. The minimum atomic E-state index is -0.298. The highest BCUT2D eigenvalue weighted by Crippen LogP contribution is 2.32. The third-order valence-corrected chi connectivity index (χ3v) is 4.56. The first kappa shape index (κ1) is 17.3. The van der Waals surface area contributed by atoms with Gasteiger partial charge in [-0.3, -0.25) is 4.79 Å². The molecule has 1 saturated heterocycles. The quantitative estimate of drug-likeness (QED) is 0.799. The van der Waals surface area contributed by atoms with Gasteiger partial charge in [0.1, 0.15) is 12.1 Å². The highest BCUT2D eigenvalue weighted by Gasteiger charge is 2.38. The first-order valence-electron chi connectivity index (χ1n) is 8.11. The summed E-state index contributed by atoms with van der Waals surface area (Å²) < 4.78 is 20.3. The van der Waals surface area contributed by atoms with Crippen LogP contribution in [0, 0.1) is 5.82 Å². The van der Waals surface area contributed by atoms with Crippen LogP contribution in [-0.4, -0.2) is 45.3 Å². The minimum Gasteiger partial charge on any atom is -0.380 e. The number of benzene rings is 1. The molecule has 1 aromatic heterocycles. The standard InChI is InChI=1S/C18H21FN4O2/c1-12(13-4-6-14(19)7-5-13)8-17(24)23-10-15(25-3)9-16(23)18-21-20-11-22(18)2/h4-8,11,15-16H,9-10H2,1-3H3/b12-8+/t15-,16+/m1/s1. The zero-order valence-corrected chi connectivity index (χ0v) is 14.5. The molecule has 0 radical (unpaired) electrons. The summed E-state index contributed by atoms with van der Waals surface area (Å²) in [6.07, 6.45) is 3.84.